The standard InChI is InChI=1S/C21H43FO5.C3H6Cl2O2/c1-4-7-15-23-16-10-11-19-25-20(24-17-8-5-2)13-12-14-21(27-22)26-18-9-6-3;1-6-2-7-3(4)5/h20-21H,4-19H2,1-3H3;3H,2H2,1H3. The first-order valence-electron chi connectivity index (χ1n) is 12.6. The molecule has 0 saturated carbocycles. The van der Waals surface area contributed by atoms with Crippen LogP contribution in [-0.2, 0) is 33.4 Å². The van der Waals surface area contributed by atoms with Gasteiger partial charge in [0.15, 0.2) is 12.6 Å². The molecule has 0 spiro atoms. The van der Waals surface area contributed by atoms with Crippen LogP contribution in [0, 0.1) is 0 Å². The van der Waals surface area contributed by atoms with E-state index in [1.54, 1.807) is 0 Å². The molecule has 0 saturated heterocycles. The normalized spacial score (nSPS) is 13.1. The second kappa shape index (κ2) is 31.3. The zero-order valence-electron chi connectivity index (χ0n) is 21.7. The molecule has 0 bridgehead atoms. The maximum absolute atomic E-state index is 12.6. The first kappa shape index (κ1) is 36.4. The predicted octanol–water partition coefficient (Wildman–Crippen LogP) is 7.33. The SMILES string of the molecule is CCCCOCCCCOC(CCCC(OF)OCCCC)OCCCC.COCOC(Cl)Cl. The van der Waals surface area contributed by atoms with E-state index in [4.69, 9.17) is 42.1 Å². The highest BCUT2D eigenvalue weighted by atomic mass is 35.5. The van der Waals surface area contributed by atoms with Crippen LogP contribution in [0.2, 0.25) is 0 Å². The van der Waals surface area contributed by atoms with Gasteiger partial charge in [-0.15, -0.1) is 0 Å². The Morgan fingerprint density at radius 2 is 1.09 bits per heavy atom. The molecule has 0 N–H and O–H groups in total. The van der Waals surface area contributed by atoms with Crippen molar-refractivity contribution in [3.05, 3.63) is 0 Å². The molecule has 208 valence electrons. The number of methoxy groups -OCH3 is 1. The third kappa shape index (κ3) is 30.3. The van der Waals surface area contributed by atoms with Gasteiger partial charge in [-0.25, -0.2) is 0 Å². The lowest BCUT2D eigenvalue weighted by Gasteiger charge is -2.20. The molecule has 0 aromatic carbocycles. The van der Waals surface area contributed by atoms with E-state index in [1.807, 2.05) is 0 Å². The van der Waals surface area contributed by atoms with E-state index >= 15 is 0 Å². The number of halogens is 3. The van der Waals surface area contributed by atoms with Gasteiger partial charge < -0.3 is 28.4 Å². The first-order valence-corrected chi connectivity index (χ1v) is 13.5. The predicted molar refractivity (Wildman–Crippen MR) is 135 cm³/mol. The van der Waals surface area contributed by atoms with Crippen LogP contribution in [0.4, 0.5) is 4.53 Å². The molecule has 0 amide bonds. The van der Waals surface area contributed by atoms with E-state index in [0.29, 0.717) is 32.7 Å². The summed E-state index contributed by atoms with van der Waals surface area (Å²) in [6.45, 7) is 10.0. The van der Waals surface area contributed by atoms with Crippen molar-refractivity contribution in [1.29, 1.82) is 0 Å². The Morgan fingerprint density at radius 1 is 0.618 bits per heavy atom. The lowest BCUT2D eigenvalue weighted by molar-refractivity contribution is -0.277. The lowest BCUT2D eigenvalue weighted by atomic mass is 10.2. The minimum absolute atomic E-state index is 0.137. The van der Waals surface area contributed by atoms with Gasteiger partial charge in [0.05, 0.1) is 0 Å². The third-order valence-corrected chi connectivity index (χ3v) is 4.78. The fourth-order valence-electron chi connectivity index (χ4n) is 2.53. The quantitative estimate of drug-likeness (QED) is 0.0684. The second-order valence-electron chi connectivity index (χ2n) is 7.71. The minimum atomic E-state index is -0.784. The minimum Gasteiger partial charge on any atom is -0.381 e. The summed E-state index contributed by atoms with van der Waals surface area (Å²) in [4.78, 5) is 3.91. The van der Waals surface area contributed by atoms with Gasteiger partial charge in [-0.3, -0.25) is 0 Å². The molecule has 0 heterocycles. The maximum Gasteiger partial charge on any atom is 0.208 e. The topological polar surface area (TPSA) is 64.6 Å². The van der Waals surface area contributed by atoms with Crippen molar-refractivity contribution in [3.63, 3.8) is 0 Å². The summed E-state index contributed by atoms with van der Waals surface area (Å²) >= 11 is 10.2. The van der Waals surface area contributed by atoms with E-state index in [9.17, 15) is 4.53 Å². The van der Waals surface area contributed by atoms with Crippen LogP contribution in [0.15, 0.2) is 0 Å². The molecular weight excluding hydrogens is 490 g/mol. The molecule has 0 fully saturated rings. The molecule has 0 aliphatic heterocycles. The highest BCUT2D eigenvalue weighted by Crippen LogP contribution is 2.13. The molecule has 0 aliphatic carbocycles. The van der Waals surface area contributed by atoms with Crippen LogP contribution in [0.25, 0.3) is 0 Å². The van der Waals surface area contributed by atoms with Crippen LogP contribution >= 0.6 is 23.2 Å². The molecule has 2 atom stereocenters. The van der Waals surface area contributed by atoms with Gasteiger partial charge in [0.2, 0.25) is 5.02 Å². The van der Waals surface area contributed by atoms with Crippen LogP contribution in [-0.4, -0.2) is 64.5 Å². The van der Waals surface area contributed by atoms with Crippen LogP contribution in [0.1, 0.15) is 91.4 Å². The van der Waals surface area contributed by atoms with Crippen molar-refractivity contribution in [1.82, 2.24) is 0 Å². The van der Waals surface area contributed by atoms with Crippen molar-refractivity contribution in [2.75, 3.05) is 46.9 Å². The first-order chi connectivity index (χ1) is 16.5. The summed E-state index contributed by atoms with van der Waals surface area (Å²) in [7, 11) is 1.50. The van der Waals surface area contributed by atoms with Gasteiger partial charge in [0, 0.05) is 46.6 Å². The Bertz CT molecular complexity index is 372. The fourth-order valence-corrected chi connectivity index (χ4v) is 2.63. The van der Waals surface area contributed by atoms with Gasteiger partial charge >= 0.3 is 0 Å². The van der Waals surface area contributed by atoms with Gasteiger partial charge in [-0.05, 0) is 49.5 Å². The van der Waals surface area contributed by atoms with Crippen molar-refractivity contribution in [3.8, 4) is 0 Å². The molecule has 34 heavy (non-hydrogen) atoms. The van der Waals surface area contributed by atoms with E-state index in [2.05, 4.69) is 35.2 Å². The van der Waals surface area contributed by atoms with Gasteiger partial charge in [0.1, 0.15) is 6.79 Å². The summed E-state index contributed by atoms with van der Waals surface area (Å²) in [5.74, 6) is 0. The van der Waals surface area contributed by atoms with Crippen molar-refractivity contribution in [2.24, 2.45) is 0 Å². The molecule has 0 aliphatic rings. The molecule has 7 nitrogen and oxygen atoms in total. The smallest absolute Gasteiger partial charge is 0.208 e. The Hall–Kier alpha value is 0.230. The zero-order valence-corrected chi connectivity index (χ0v) is 23.3. The molecular formula is C24H49Cl2FO7. The Morgan fingerprint density at radius 3 is 1.59 bits per heavy atom. The van der Waals surface area contributed by atoms with E-state index in [0.717, 1.165) is 71.0 Å². The summed E-state index contributed by atoms with van der Waals surface area (Å²) in [6.07, 6.45) is 9.19. The Kier molecular flexibility index (Phi) is 33.5. The van der Waals surface area contributed by atoms with Gasteiger partial charge in [-0.2, -0.15) is 4.94 Å². The van der Waals surface area contributed by atoms with Crippen molar-refractivity contribution < 1.29 is 37.9 Å². The van der Waals surface area contributed by atoms with Crippen LogP contribution < -0.4 is 0 Å². The Balaban J connectivity index is 0. The third-order valence-electron chi connectivity index (χ3n) is 4.52. The number of alkyl halides is 2. The number of rotatable bonds is 25. The molecule has 0 aromatic rings. The zero-order chi connectivity index (χ0) is 25.7. The average Bonchev–Trinajstić information content (AvgIpc) is 2.83. The Labute approximate surface area is 217 Å². The summed E-state index contributed by atoms with van der Waals surface area (Å²) in [5.41, 5.74) is 0. The highest BCUT2D eigenvalue weighted by molar-refractivity contribution is 6.43. The molecule has 2 unspecified atom stereocenters. The van der Waals surface area contributed by atoms with E-state index in [-0.39, 0.29) is 13.1 Å². The number of hydrogen-bond acceptors (Lipinski definition) is 7. The summed E-state index contributed by atoms with van der Waals surface area (Å²) < 4.78 is 44.1. The molecule has 0 rings (SSSR count). The summed E-state index contributed by atoms with van der Waals surface area (Å²) in [5, 5.41) is -0.778. The average molecular weight is 540 g/mol. The number of unbranched alkanes of at least 4 members (excludes halogenated alkanes) is 4. The molecule has 10 heteroatoms. The highest BCUT2D eigenvalue weighted by Gasteiger charge is 2.14. The largest absolute Gasteiger partial charge is 0.381 e. The van der Waals surface area contributed by atoms with Gasteiger partial charge in [0.25, 0.3) is 0 Å². The second-order valence-corrected chi connectivity index (χ2v) is 8.72. The van der Waals surface area contributed by atoms with E-state index in [1.165, 1.54) is 7.11 Å². The lowest BCUT2D eigenvalue weighted by Crippen LogP contribution is -2.21. The van der Waals surface area contributed by atoms with E-state index < -0.39 is 11.3 Å². The van der Waals surface area contributed by atoms with Gasteiger partial charge in [-0.1, -0.05) is 63.2 Å². The number of hydrogen-bond donors (Lipinski definition) is 0. The maximum atomic E-state index is 12.6. The molecule has 0 aromatic heterocycles. The van der Waals surface area contributed by atoms with Crippen LogP contribution in [0.5, 0.6) is 0 Å². The van der Waals surface area contributed by atoms with Crippen molar-refractivity contribution >= 4 is 23.2 Å². The molecule has 0 radical (unpaired) electrons. The summed E-state index contributed by atoms with van der Waals surface area (Å²) in [6, 6.07) is 0. The van der Waals surface area contributed by atoms with Crippen molar-refractivity contribution in [2.45, 2.75) is 109 Å². The fraction of sp³-hybridized carbons (Fsp3) is 1.00. The number of ether oxygens (including phenoxy) is 6. The van der Waals surface area contributed by atoms with Crippen LogP contribution in [0.3, 0.4) is 0 Å². The monoisotopic (exact) mass is 538 g/mol.